The molecule has 0 aromatic rings. The number of halogens is 1. The molecule has 0 radical (unpaired) electrons. The third-order valence-corrected chi connectivity index (χ3v) is 3.34. The van der Waals surface area contributed by atoms with E-state index in [2.05, 4.69) is 4.90 Å². The lowest BCUT2D eigenvalue weighted by molar-refractivity contribution is -0.131. The van der Waals surface area contributed by atoms with Crippen LogP contribution in [0.15, 0.2) is 0 Å². The lowest BCUT2D eigenvalue weighted by Gasteiger charge is -2.21. The Kier molecular flexibility index (Phi) is 7.56. The first-order valence-corrected chi connectivity index (χ1v) is 6.86. The maximum atomic E-state index is 11.9. The van der Waals surface area contributed by atoms with E-state index in [0.717, 1.165) is 52.2 Å². The summed E-state index contributed by atoms with van der Waals surface area (Å²) in [6.07, 6.45) is 2.42. The maximum absolute atomic E-state index is 11.9. The molecular weight excluding hydrogens is 240 g/mol. The molecule has 100 valence electrons. The SMILES string of the molecule is COCCN1CCCN(C(=O)CCCCl)CC1. The molecule has 0 aromatic carbocycles. The normalized spacial score (nSPS) is 18.1. The van der Waals surface area contributed by atoms with Crippen molar-refractivity contribution in [3.05, 3.63) is 0 Å². The Morgan fingerprint density at radius 2 is 2.12 bits per heavy atom. The molecule has 0 aromatic heterocycles. The highest BCUT2D eigenvalue weighted by atomic mass is 35.5. The van der Waals surface area contributed by atoms with E-state index in [9.17, 15) is 4.79 Å². The largest absolute Gasteiger partial charge is 0.383 e. The third-order valence-electron chi connectivity index (χ3n) is 3.08. The van der Waals surface area contributed by atoms with E-state index < -0.39 is 0 Å². The zero-order chi connectivity index (χ0) is 12.5. The van der Waals surface area contributed by atoms with E-state index in [-0.39, 0.29) is 5.91 Å². The zero-order valence-corrected chi connectivity index (χ0v) is 11.4. The lowest BCUT2D eigenvalue weighted by Crippen LogP contribution is -2.35. The predicted molar refractivity (Wildman–Crippen MR) is 69.5 cm³/mol. The van der Waals surface area contributed by atoms with Crippen LogP contribution in [0.1, 0.15) is 19.3 Å². The van der Waals surface area contributed by atoms with Crippen molar-refractivity contribution in [2.45, 2.75) is 19.3 Å². The predicted octanol–water partition coefficient (Wildman–Crippen LogP) is 1.19. The van der Waals surface area contributed by atoms with Gasteiger partial charge in [0.15, 0.2) is 0 Å². The molecule has 1 fully saturated rings. The first-order valence-electron chi connectivity index (χ1n) is 6.33. The van der Waals surface area contributed by atoms with Gasteiger partial charge in [-0.2, -0.15) is 0 Å². The molecule has 1 rings (SSSR count). The second kappa shape index (κ2) is 8.72. The average Bonchev–Trinajstić information content (AvgIpc) is 2.59. The summed E-state index contributed by atoms with van der Waals surface area (Å²) in [5.41, 5.74) is 0. The van der Waals surface area contributed by atoms with Gasteiger partial charge in [0, 0.05) is 45.6 Å². The Labute approximate surface area is 109 Å². The Bertz CT molecular complexity index is 227. The number of ether oxygens (including phenoxy) is 1. The van der Waals surface area contributed by atoms with Gasteiger partial charge in [-0.25, -0.2) is 0 Å². The Morgan fingerprint density at radius 1 is 1.29 bits per heavy atom. The van der Waals surface area contributed by atoms with Crippen LogP contribution in [-0.2, 0) is 9.53 Å². The van der Waals surface area contributed by atoms with Gasteiger partial charge in [0.2, 0.25) is 5.91 Å². The van der Waals surface area contributed by atoms with Crippen molar-refractivity contribution in [1.82, 2.24) is 9.80 Å². The van der Waals surface area contributed by atoms with Crippen molar-refractivity contribution in [2.24, 2.45) is 0 Å². The third kappa shape index (κ3) is 5.70. The summed E-state index contributed by atoms with van der Waals surface area (Å²) >= 11 is 5.60. The van der Waals surface area contributed by atoms with Crippen LogP contribution in [0.25, 0.3) is 0 Å². The van der Waals surface area contributed by atoms with Gasteiger partial charge >= 0.3 is 0 Å². The summed E-state index contributed by atoms with van der Waals surface area (Å²) in [7, 11) is 1.72. The number of alkyl halides is 1. The van der Waals surface area contributed by atoms with Gasteiger partial charge in [-0.15, -0.1) is 11.6 Å². The van der Waals surface area contributed by atoms with Crippen molar-refractivity contribution in [3.63, 3.8) is 0 Å². The molecule has 1 saturated heterocycles. The fourth-order valence-corrected chi connectivity index (χ4v) is 2.17. The topological polar surface area (TPSA) is 32.8 Å². The van der Waals surface area contributed by atoms with E-state index >= 15 is 0 Å². The number of rotatable bonds is 6. The summed E-state index contributed by atoms with van der Waals surface area (Å²) in [6, 6.07) is 0. The second-order valence-corrected chi connectivity index (χ2v) is 4.74. The van der Waals surface area contributed by atoms with Gasteiger partial charge < -0.3 is 9.64 Å². The Balaban J connectivity index is 2.28. The van der Waals surface area contributed by atoms with Crippen LogP contribution in [0.5, 0.6) is 0 Å². The van der Waals surface area contributed by atoms with Crippen LogP contribution in [-0.4, -0.2) is 68.0 Å². The van der Waals surface area contributed by atoms with Gasteiger partial charge in [-0.1, -0.05) is 0 Å². The van der Waals surface area contributed by atoms with Crippen molar-refractivity contribution < 1.29 is 9.53 Å². The quantitative estimate of drug-likeness (QED) is 0.674. The monoisotopic (exact) mass is 262 g/mol. The smallest absolute Gasteiger partial charge is 0.222 e. The van der Waals surface area contributed by atoms with E-state index in [0.29, 0.717) is 12.3 Å². The molecule has 1 heterocycles. The molecule has 17 heavy (non-hydrogen) atoms. The van der Waals surface area contributed by atoms with Crippen LogP contribution in [0.2, 0.25) is 0 Å². The number of methoxy groups -OCH3 is 1. The zero-order valence-electron chi connectivity index (χ0n) is 10.7. The van der Waals surface area contributed by atoms with Crippen LogP contribution in [0, 0.1) is 0 Å². The number of carbonyl (C=O) groups excluding carboxylic acids is 1. The van der Waals surface area contributed by atoms with Gasteiger partial charge in [0.05, 0.1) is 6.61 Å². The summed E-state index contributed by atoms with van der Waals surface area (Å²) in [5.74, 6) is 0.818. The molecule has 4 nitrogen and oxygen atoms in total. The fraction of sp³-hybridized carbons (Fsp3) is 0.917. The van der Waals surface area contributed by atoms with Gasteiger partial charge in [-0.3, -0.25) is 9.69 Å². The van der Waals surface area contributed by atoms with E-state index in [4.69, 9.17) is 16.3 Å². The number of carbonyl (C=O) groups is 1. The number of hydrogen-bond acceptors (Lipinski definition) is 3. The van der Waals surface area contributed by atoms with Gasteiger partial charge in [0.1, 0.15) is 0 Å². The highest BCUT2D eigenvalue weighted by Gasteiger charge is 2.18. The molecule has 0 atom stereocenters. The minimum Gasteiger partial charge on any atom is -0.383 e. The highest BCUT2D eigenvalue weighted by molar-refractivity contribution is 6.17. The molecule has 1 aliphatic rings. The molecule has 1 amide bonds. The van der Waals surface area contributed by atoms with Crippen LogP contribution >= 0.6 is 11.6 Å². The minimum atomic E-state index is 0.249. The number of nitrogens with zero attached hydrogens (tertiary/aromatic N) is 2. The summed E-state index contributed by atoms with van der Waals surface area (Å²) < 4.78 is 5.08. The molecule has 0 aliphatic carbocycles. The summed E-state index contributed by atoms with van der Waals surface area (Å²) in [5, 5.41) is 0. The number of amides is 1. The summed E-state index contributed by atoms with van der Waals surface area (Å²) in [4.78, 5) is 16.2. The molecule has 0 saturated carbocycles. The lowest BCUT2D eigenvalue weighted by atomic mass is 10.3. The van der Waals surface area contributed by atoms with Crippen molar-refractivity contribution in [3.8, 4) is 0 Å². The van der Waals surface area contributed by atoms with Crippen molar-refractivity contribution in [2.75, 3.05) is 52.3 Å². The summed E-state index contributed by atoms with van der Waals surface area (Å²) in [6.45, 7) is 5.45. The number of hydrogen-bond donors (Lipinski definition) is 0. The first kappa shape index (κ1) is 14.7. The average molecular weight is 263 g/mol. The minimum absolute atomic E-state index is 0.249. The highest BCUT2D eigenvalue weighted by Crippen LogP contribution is 2.06. The molecule has 0 bridgehead atoms. The van der Waals surface area contributed by atoms with E-state index in [1.54, 1.807) is 7.11 Å². The maximum Gasteiger partial charge on any atom is 0.222 e. The molecule has 5 heteroatoms. The fourth-order valence-electron chi connectivity index (χ4n) is 2.04. The van der Waals surface area contributed by atoms with Crippen LogP contribution in [0.4, 0.5) is 0 Å². The Hall–Kier alpha value is -0.320. The van der Waals surface area contributed by atoms with E-state index in [1.165, 1.54) is 0 Å². The first-order chi connectivity index (χ1) is 8.27. The molecule has 0 unspecified atom stereocenters. The molecule has 1 aliphatic heterocycles. The van der Waals surface area contributed by atoms with Gasteiger partial charge in [0.25, 0.3) is 0 Å². The van der Waals surface area contributed by atoms with Crippen molar-refractivity contribution >= 4 is 17.5 Å². The van der Waals surface area contributed by atoms with Gasteiger partial charge in [-0.05, 0) is 19.4 Å². The van der Waals surface area contributed by atoms with Crippen molar-refractivity contribution in [1.29, 1.82) is 0 Å². The van der Waals surface area contributed by atoms with Crippen LogP contribution in [0.3, 0.4) is 0 Å². The molecular formula is C12H23ClN2O2. The molecule has 0 N–H and O–H groups in total. The Morgan fingerprint density at radius 3 is 2.82 bits per heavy atom. The standard InChI is InChI=1S/C12H23ClN2O2/c1-17-11-10-14-6-3-7-15(9-8-14)12(16)4-2-5-13/h2-11H2,1H3. The molecule has 0 spiro atoms. The second-order valence-electron chi connectivity index (χ2n) is 4.36. The van der Waals surface area contributed by atoms with Crippen LogP contribution < -0.4 is 0 Å². The van der Waals surface area contributed by atoms with E-state index in [1.807, 2.05) is 4.90 Å².